The molecule has 0 saturated carbocycles. The summed E-state index contributed by atoms with van der Waals surface area (Å²) < 4.78 is 5.75. The Morgan fingerprint density at radius 2 is 2.09 bits per heavy atom. The number of carbonyl (C=O) groups is 1. The molecule has 2 fully saturated rings. The van der Waals surface area contributed by atoms with Gasteiger partial charge in [0.05, 0.1) is 22.2 Å². The zero-order valence-electron chi connectivity index (χ0n) is 12.3. The lowest BCUT2D eigenvalue weighted by Gasteiger charge is -2.28. The molecule has 1 amide bonds. The number of carbonyl (C=O) groups excluding carboxylic acids is 1. The Morgan fingerprint density at radius 1 is 1.27 bits per heavy atom. The van der Waals surface area contributed by atoms with Gasteiger partial charge in [0.15, 0.2) is 0 Å². The van der Waals surface area contributed by atoms with Crippen LogP contribution < -0.4 is 5.73 Å². The second-order valence-corrected chi connectivity index (χ2v) is 6.74. The highest BCUT2D eigenvalue weighted by Crippen LogP contribution is 2.36. The maximum atomic E-state index is 12.7. The van der Waals surface area contributed by atoms with E-state index in [9.17, 15) is 4.79 Å². The number of hydrogen-bond donors (Lipinski definition) is 1. The van der Waals surface area contributed by atoms with Crippen LogP contribution in [-0.4, -0.2) is 36.1 Å². The van der Waals surface area contributed by atoms with Crippen LogP contribution in [0.1, 0.15) is 37.3 Å². The van der Waals surface area contributed by atoms with Crippen LogP contribution in [0, 0.1) is 0 Å². The Balaban J connectivity index is 1.75. The van der Waals surface area contributed by atoms with E-state index >= 15 is 0 Å². The Morgan fingerprint density at radius 3 is 2.77 bits per heavy atom. The first-order valence-electron chi connectivity index (χ1n) is 7.71. The summed E-state index contributed by atoms with van der Waals surface area (Å²) in [6.07, 6.45) is 3.21. The highest BCUT2D eigenvalue weighted by molar-refractivity contribution is 6.42. The van der Waals surface area contributed by atoms with Crippen molar-refractivity contribution in [3.05, 3.63) is 33.8 Å². The van der Waals surface area contributed by atoms with Crippen LogP contribution in [0.5, 0.6) is 0 Å². The van der Waals surface area contributed by atoms with Gasteiger partial charge in [0.1, 0.15) is 6.10 Å². The van der Waals surface area contributed by atoms with Crippen molar-refractivity contribution < 1.29 is 9.53 Å². The van der Waals surface area contributed by atoms with Crippen LogP contribution >= 0.6 is 23.2 Å². The quantitative estimate of drug-likeness (QED) is 0.917. The molecule has 2 heterocycles. The van der Waals surface area contributed by atoms with E-state index in [2.05, 4.69) is 0 Å². The Labute approximate surface area is 140 Å². The molecule has 1 unspecified atom stereocenters. The van der Waals surface area contributed by atoms with Crippen LogP contribution in [0.25, 0.3) is 0 Å². The number of nitrogens with two attached hydrogens (primary N) is 1. The second-order valence-electron chi connectivity index (χ2n) is 5.92. The number of hydrogen-bond acceptors (Lipinski definition) is 3. The molecule has 120 valence electrons. The van der Waals surface area contributed by atoms with Crippen molar-refractivity contribution in [2.75, 3.05) is 13.1 Å². The number of likely N-dealkylation sites (tertiary alicyclic amines) is 1. The smallest absolute Gasteiger partial charge is 0.252 e. The average molecular weight is 343 g/mol. The molecule has 2 saturated heterocycles. The van der Waals surface area contributed by atoms with Crippen molar-refractivity contribution in [1.29, 1.82) is 0 Å². The summed E-state index contributed by atoms with van der Waals surface area (Å²) in [4.78, 5) is 14.7. The van der Waals surface area contributed by atoms with Crippen LogP contribution in [0.15, 0.2) is 18.2 Å². The summed E-state index contributed by atoms with van der Waals surface area (Å²) in [6, 6.07) is 5.65. The van der Waals surface area contributed by atoms with Crippen LogP contribution in [0.2, 0.25) is 10.0 Å². The first-order valence-corrected chi connectivity index (χ1v) is 8.46. The van der Waals surface area contributed by atoms with Crippen molar-refractivity contribution in [3.63, 3.8) is 0 Å². The van der Waals surface area contributed by atoms with Gasteiger partial charge in [0, 0.05) is 13.1 Å². The molecule has 2 aliphatic heterocycles. The van der Waals surface area contributed by atoms with E-state index in [1.54, 1.807) is 6.07 Å². The summed E-state index contributed by atoms with van der Waals surface area (Å²) in [5, 5.41) is 1.06. The molecule has 3 rings (SSSR count). The van der Waals surface area contributed by atoms with E-state index < -0.39 is 0 Å². The molecule has 6 heteroatoms. The second kappa shape index (κ2) is 6.75. The highest BCUT2D eigenvalue weighted by atomic mass is 35.5. The average Bonchev–Trinajstić information content (AvgIpc) is 3.18. The van der Waals surface area contributed by atoms with Crippen molar-refractivity contribution in [3.8, 4) is 0 Å². The minimum atomic E-state index is -0.350. The standard InChI is InChI=1S/C16H20Cl2N2O2/c17-12-5-3-10(8-13(12)18)14-2-1-7-20(14)16(21)15-6-4-11(9-19)22-15/h3,5,8,11,14-15H,1-2,4,6-7,9,19H2/t11-,14?,15+/m1/s1. The SMILES string of the molecule is NC[C@H]1CC[C@@H](C(=O)N2CCCC2c2ccc(Cl)c(Cl)c2)O1. The number of ether oxygens (including phenoxy) is 1. The van der Waals surface area contributed by atoms with E-state index in [4.69, 9.17) is 33.7 Å². The summed E-state index contributed by atoms with van der Waals surface area (Å²) in [5.74, 6) is 0.0736. The molecule has 2 N–H and O–H groups in total. The maximum Gasteiger partial charge on any atom is 0.252 e. The van der Waals surface area contributed by atoms with Gasteiger partial charge in [-0.25, -0.2) is 0 Å². The fraction of sp³-hybridized carbons (Fsp3) is 0.562. The minimum Gasteiger partial charge on any atom is -0.364 e. The Kier molecular flexibility index (Phi) is 4.93. The lowest BCUT2D eigenvalue weighted by atomic mass is 10.0. The van der Waals surface area contributed by atoms with Gasteiger partial charge in [-0.15, -0.1) is 0 Å². The predicted octanol–water partition coefficient (Wildman–Crippen LogP) is 3.16. The lowest BCUT2D eigenvalue weighted by molar-refractivity contribution is -0.143. The van der Waals surface area contributed by atoms with Gasteiger partial charge >= 0.3 is 0 Å². The Bertz CT molecular complexity index is 567. The van der Waals surface area contributed by atoms with E-state index in [1.807, 2.05) is 17.0 Å². The zero-order valence-corrected chi connectivity index (χ0v) is 13.8. The number of halogens is 2. The highest BCUT2D eigenvalue weighted by Gasteiger charge is 2.38. The fourth-order valence-electron chi connectivity index (χ4n) is 3.34. The molecule has 0 spiro atoms. The summed E-state index contributed by atoms with van der Waals surface area (Å²) in [5.41, 5.74) is 6.66. The van der Waals surface area contributed by atoms with Gasteiger partial charge < -0.3 is 15.4 Å². The van der Waals surface area contributed by atoms with Crippen LogP contribution in [-0.2, 0) is 9.53 Å². The van der Waals surface area contributed by atoms with Gasteiger partial charge in [-0.2, -0.15) is 0 Å². The van der Waals surface area contributed by atoms with Gasteiger partial charge in [-0.1, -0.05) is 29.3 Å². The molecule has 0 radical (unpaired) electrons. The van der Waals surface area contributed by atoms with Crippen molar-refractivity contribution in [1.82, 2.24) is 4.90 Å². The number of amides is 1. The third-order valence-corrected chi connectivity index (χ3v) is 5.25. The van der Waals surface area contributed by atoms with Gasteiger partial charge in [-0.3, -0.25) is 4.79 Å². The molecular formula is C16H20Cl2N2O2. The molecule has 1 aromatic rings. The van der Waals surface area contributed by atoms with Gasteiger partial charge in [0.2, 0.25) is 0 Å². The minimum absolute atomic E-state index is 0.0139. The molecule has 0 aliphatic carbocycles. The Hall–Kier alpha value is -0.810. The summed E-state index contributed by atoms with van der Waals surface area (Å²) >= 11 is 12.1. The molecule has 0 bridgehead atoms. The number of rotatable bonds is 3. The molecule has 22 heavy (non-hydrogen) atoms. The molecular weight excluding hydrogens is 323 g/mol. The van der Waals surface area contributed by atoms with E-state index in [0.29, 0.717) is 16.6 Å². The van der Waals surface area contributed by atoms with Crippen molar-refractivity contribution >= 4 is 29.1 Å². The molecule has 1 aromatic carbocycles. The third kappa shape index (κ3) is 3.11. The summed E-state index contributed by atoms with van der Waals surface area (Å²) in [6.45, 7) is 1.23. The molecule has 4 nitrogen and oxygen atoms in total. The molecule has 3 atom stereocenters. The van der Waals surface area contributed by atoms with E-state index in [0.717, 1.165) is 37.8 Å². The first-order chi connectivity index (χ1) is 10.6. The maximum absolute atomic E-state index is 12.7. The van der Waals surface area contributed by atoms with Crippen LogP contribution in [0.3, 0.4) is 0 Å². The first kappa shape index (κ1) is 16.1. The largest absolute Gasteiger partial charge is 0.364 e. The molecule has 0 aromatic heterocycles. The van der Waals surface area contributed by atoms with E-state index in [1.165, 1.54) is 0 Å². The monoisotopic (exact) mass is 342 g/mol. The number of nitrogens with zero attached hydrogens (tertiary/aromatic N) is 1. The third-order valence-electron chi connectivity index (χ3n) is 4.51. The normalized spacial score (nSPS) is 28.3. The number of benzene rings is 1. The van der Waals surface area contributed by atoms with Gasteiger partial charge in [0.25, 0.3) is 5.91 Å². The van der Waals surface area contributed by atoms with Crippen LogP contribution in [0.4, 0.5) is 0 Å². The molecule has 2 aliphatic rings. The van der Waals surface area contributed by atoms with E-state index in [-0.39, 0.29) is 24.2 Å². The van der Waals surface area contributed by atoms with Crippen molar-refractivity contribution in [2.45, 2.75) is 43.9 Å². The van der Waals surface area contributed by atoms with Gasteiger partial charge in [-0.05, 0) is 43.4 Å². The predicted molar refractivity (Wildman–Crippen MR) is 87.1 cm³/mol. The topological polar surface area (TPSA) is 55.6 Å². The lowest BCUT2D eigenvalue weighted by Crippen LogP contribution is -2.39. The fourth-order valence-corrected chi connectivity index (χ4v) is 3.65. The van der Waals surface area contributed by atoms with Crippen molar-refractivity contribution in [2.24, 2.45) is 5.73 Å². The summed E-state index contributed by atoms with van der Waals surface area (Å²) in [7, 11) is 0. The zero-order chi connectivity index (χ0) is 15.7.